The topological polar surface area (TPSA) is 37.8 Å². The fourth-order valence-electron chi connectivity index (χ4n) is 0.788. The van der Waals surface area contributed by atoms with Crippen LogP contribution in [0.3, 0.4) is 0 Å². The van der Waals surface area contributed by atoms with Crippen molar-refractivity contribution in [3.63, 3.8) is 0 Å². The van der Waals surface area contributed by atoms with E-state index >= 15 is 0 Å². The molecule has 0 aliphatic carbocycles. The van der Waals surface area contributed by atoms with E-state index in [0.717, 1.165) is 0 Å². The highest BCUT2D eigenvalue weighted by molar-refractivity contribution is 7.09. The van der Waals surface area contributed by atoms with E-state index in [-0.39, 0.29) is 10.5 Å². The lowest BCUT2D eigenvalue weighted by Crippen LogP contribution is -2.09. The lowest BCUT2D eigenvalue weighted by molar-refractivity contribution is -0.144. The molecule has 1 aromatic heterocycles. The van der Waals surface area contributed by atoms with Gasteiger partial charge in [-0.05, 0) is 13.3 Å². The van der Waals surface area contributed by atoms with Gasteiger partial charge < -0.3 is 5.32 Å². The molecule has 0 spiro atoms. The minimum atomic E-state index is -4.48. The van der Waals surface area contributed by atoms with Crippen LogP contribution in [0.2, 0.25) is 0 Å². The summed E-state index contributed by atoms with van der Waals surface area (Å²) in [5.41, 5.74) is 0. The maximum Gasteiger partial charge on any atom is 0.452 e. The van der Waals surface area contributed by atoms with E-state index in [1.165, 1.54) is 0 Å². The first-order valence-corrected chi connectivity index (χ1v) is 5.39. The van der Waals surface area contributed by atoms with Gasteiger partial charge in [-0.2, -0.15) is 22.5 Å². The smallest absolute Gasteiger partial charge is 0.360 e. The Kier molecular flexibility index (Phi) is 4.15. The molecule has 0 amide bonds. The normalized spacial score (nSPS) is 13.9. The fourth-order valence-corrected chi connectivity index (χ4v) is 1.51. The van der Waals surface area contributed by atoms with E-state index in [2.05, 4.69) is 14.7 Å². The molecule has 0 aromatic carbocycles. The van der Waals surface area contributed by atoms with E-state index < -0.39 is 12.0 Å². The molecule has 0 fully saturated rings. The number of aromatic nitrogens is 2. The molecule has 8 heteroatoms. The van der Waals surface area contributed by atoms with Gasteiger partial charge in [-0.3, -0.25) is 0 Å². The zero-order valence-corrected chi connectivity index (χ0v) is 9.38. The van der Waals surface area contributed by atoms with Gasteiger partial charge in [-0.25, -0.2) is 0 Å². The maximum absolute atomic E-state index is 12.1. The molecule has 86 valence electrons. The number of halogens is 4. The number of rotatable bonds is 4. The van der Waals surface area contributed by atoms with Crippen LogP contribution in [0.1, 0.15) is 19.2 Å². The van der Waals surface area contributed by atoms with E-state index in [9.17, 15) is 13.2 Å². The molecule has 1 unspecified atom stereocenters. The number of nitrogens with zero attached hydrogens (tertiary/aromatic N) is 2. The van der Waals surface area contributed by atoms with Crippen molar-refractivity contribution in [1.82, 2.24) is 9.36 Å². The first-order chi connectivity index (χ1) is 6.89. The average molecular weight is 260 g/mol. The maximum atomic E-state index is 12.1. The van der Waals surface area contributed by atoms with Crippen LogP contribution in [-0.2, 0) is 6.18 Å². The molecular weight excluding hydrogens is 251 g/mol. The molecule has 1 heterocycles. The summed E-state index contributed by atoms with van der Waals surface area (Å²) >= 11 is 6.36. The summed E-state index contributed by atoms with van der Waals surface area (Å²) in [5, 5.41) is 2.87. The zero-order chi connectivity index (χ0) is 11.5. The van der Waals surface area contributed by atoms with Crippen LogP contribution < -0.4 is 5.32 Å². The summed E-state index contributed by atoms with van der Waals surface area (Å²) in [5.74, 6) is -1.10. The first-order valence-electron chi connectivity index (χ1n) is 4.18. The van der Waals surface area contributed by atoms with Crippen LogP contribution in [0.15, 0.2) is 0 Å². The Balaban J connectivity index is 2.47. The predicted molar refractivity (Wildman–Crippen MR) is 53.3 cm³/mol. The van der Waals surface area contributed by atoms with E-state index in [1.54, 1.807) is 0 Å². The van der Waals surface area contributed by atoms with Crippen molar-refractivity contribution in [3.8, 4) is 0 Å². The molecular formula is C7H9ClF3N3S. The van der Waals surface area contributed by atoms with E-state index in [1.807, 2.05) is 6.92 Å². The van der Waals surface area contributed by atoms with Crippen LogP contribution in [0, 0.1) is 0 Å². The Bertz CT molecular complexity index is 313. The van der Waals surface area contributed by atoms with Crippen molar-refractivity contribution in [3.05, 3.63) is 5.82 Å². The largest absolute Gasteiger partial charge is 0.452 e. The Morgan fingerprint density at radius 1 is 1.53 bits per heavy atom. The Hall–Kier alpha value is -0.560. The average Bonchev–Trinajstić information content (AvgIpc) is 2.51. The summed E-state index contributed by atoms with van der Waals surface area (Å²) in [7, 11) is 0. The summed E-state index contributed by atoms with van der Waals surface area (Å²) < 4.78 is 39.4. The van der Waals surface area contributed by atoms with Gasteiger partial charge >= 0.3 is 6.18 Å². The van der Waals surface area contributed by atoms with Crippen LogP contribution in [0.4, 0.5) is 18.3 Å². The molecule has 15 heavy (non-hydrogen) atoms. The molecule has 0 bridgehead atoms. The monoisotopic (exact) mass is 259 g/mol. The summed E-state index contributed by atoms with van der Waals surface area (Å²) in [4.78, 5) is 3.31. The minimum absolute atomic E-state index is 0.0208. The number of hydrogen-bond donors (Lipinski definition) is 1. The van der Waals surface area contributed by atoms with E-state index in [4.69, 9.17) is 11.6 Å². The lowest BCUT2D eigenvalue weighted by atomic mass is 10.3. The van der Waals surface area contributed by atoms with Crippen molar-refractivity contribution in [1.29, 1.82) is 0 Å². The van der Waals surface area contributed by atoms with Crippen molar-refractivity contribution in [2.75, 3.05) is 11.9 Å². The molecule has 1 N–H and O–H groups in total. The number of hydrogen-bond acceptors (Lipinski definition) is 4. The van der Waals surface area contributed by atoms with Crippen LogP contribution >= 0.6 is 23.1 Å². The van der Waals surface area contributed by atoms with Gasteiger partial charge in [0.1, 0.15) is 0 Å². The molecule has 0 saturated heterocycles. The number of nitrogens with one attached hydrogen (secondary N) is 1. The lowest BCUT2D eigenvalue weighted by Gasteiger charge is -2.03. The quantitative estimate of drug-likeness (QED) is 0.845. The van der Waals surface area contributed by atoms with Crippen LogP contribution in [0.5, 0.6) is 0 Å². The highest BCUT2D eigenvalue weighted by Gasteiger charge is 2.36. The number of alkyl halides is 4. The van der Waals surface area contributed by atoms with Gasteiger partial charge in [-0.1, -0.05) is 0 Å². The van der Waals surface area contributed by atoms with Gasteiger partial charge in [-0.15, -0.1) is 11.6 Å². The molecule has 1 atom stereocenters. The fraction of sp³-hybridized carbons (Fsp3) is 0.714. The van der Waals surface area contributed by atoms with Crippen molar-refractivity contribution >= 4 is 28.3 Å². The van der Waals surface area contributed by atoms with Crippen molar-refractivity contribution in [2.45, 2.75) is 24.9 Å². The Morgan fingerprint density at radius 2 is 2.20 bits per heavy atom. The third-order valence-corrected chi connectivity index (χ3v) is 2.39. The molecule has 0 aliphatic rings. The van der Waals surface area contributed by atoms with Gasteiger partial charge in [0.15, 0.2) is 0 Å². The molecule has 0 radical (unpaired) electrons. The number of anilines is 1. The van der Waals surface area contributed by atoms with Gasteiger partial charge in [0.2, 0.25) is 11.0 Å². The SMILES string of the molecule is CC(Cl)CCNc1nc(C(F)(F)F)ns1. The van der Waals surface area contributed by atoms with Crippen LogP contribution in [0.25, 0.3) is 0 Å². The molecule has 3 nitrogen and oxygen atoms in total. The van der Waals surface area contributed by atoms with E-state index in [0.29, 0.717) is 24.5 Å². The van der Waals surface area contributed by atoms with Crippen LogP contribution in [-0.4, -0.2) is 21.3 Å². The van der Waals surface area contributed by atoms with Crippen molar-refractivity contribution in [2.24, 2.45) is 0 Å². The van der Waals surface area contributed by atoms with Gasteiger partial charge in [0.05, 0.1) is 0 Å². The predicted octanol–water partition coefficient (Wildman–Crippen LogP) is 2.99. The highest BCUT2D eigenvalue weighted by Crippen LogP contribution is 2.28. The third-order valence-electron chi connectivity index (χ3n) is 1.50. The molecule has 1 aromatic rings. The third kappa shape index (κ3) is 4.21. The Labute approximate surface area is 93.8 Å². The molecule has 0 aliphatic heterocycles. The summed E-state index contributed by atoms with van der Waals surface area (Å²) in [6.07, 6.45) is -3.82. The second kappa shape index (κ2) is 4.98. The standard InChI is InChI=1S/C7H9ClF3N3S/c1-4(8)2-3-12-6-13-5(14-15-6)7(9,10)11/h4H,2-3H2,1H3,(H,12,13,14). The van der Waals surface area contributed by atoms with Crippen molar-refractivity contribution < 1.29 is 13.2 Å². The summed E-state index contributed by atoms with van der Waals surface area (Å²) in [6.45, 7) is 2.29. The highest BCUT2D eigenvalue weighted by atomic mass is 35.5. The zero-order valence-electron chi connectivity index (χ0n) is 7.81. The van der Waals surface area contributed by atoms with Gasteiger partial charge in [0, 0.05) is 23.5 Å². The minimum Gasteiger partial charge on any atom is -0.360 e. The molecule has 1 rings (SSSR count). The Morgan fingerprint density at radius 3 is 2.67 bits per heavy atom. The van der Waals surface area contributed by atoms with Gasteiger partial charge in [0.25, 0.3) is 0 Å². The second-order valence-electron chi connectivity index (χ2n) is 2.92. The summed E-state index contributed by atoms with van der Waals surface area (Å²) in [6, 6.07) is 0. The first kappa shape index (κ1) is 12.5. The molecule has 0 saturated carbocycles. The second-order valence-corrected chi connectivity index (χ2v) is 4.41.